The molecular formula is C19H21N3O5. The molecule has 0 aliphatic carbocycles. The Hall–Kier alpha value is -3.03. The quantitative estimate of drug-likeness (QED) is 0.750. The van der Waals surface area contributed by atoms with E-state index in [0.717, 1.165) is 16.5 Å². The smallest absolute Gasteiger partial charge is 0.407 e. The molecule has 27 heavy (non-hydrogen) atoms. The van der Waals surface area contributed by atoms with Crippen LogP contribution in [0, 0.1) is 13.8 Å². The first-order chi connectivity index (χ1) is 12.8. The normalized spacial score (nSPS) is 18.4. The number of amides is 3. The van der Waals surface area contributed by atoms with E-state index in [1.54, 1.807) is 11.0 Å². The summed E-state index contributed by atoms with van der Waals surface area (Å²) in [5.41, 5.74) is 1.92. The van der Waals surface area contributed by atoms with Crippen LogP contribution in [-0.4, -0.2) is 42.3 Å². The number of anilines is 1. The first-order valence-electron chi connectivity index (χ1n) is 8.93. The van der Waals surface area contributed by atoms with E-state index >= 15 is 0 Å². The molecule has 2 aliphatic rings. The lowest BCUT2D eigenvalue weighted by Crippen LogP contribution is -2.49. The molecule has 0 atom stereocenters. The number of ether oxygens (including phenoxy) is 1. The van der Waals surface area contributed by atoms with Gasteiger partial charge in [0, 0.05) is 43.1 Å². The monoisotopic (exact) mass is 371 g/mol. The molecule has 0 unspecified atom stereocenters. The van der Waals surface area contributed by atoms with Crippen molar-refractivity contribution in [2.75, 3.05) is 25.0 Å². The fourth-order valence-electron chi connectivity index (χ4n) is 3.69. The van der Waals surface area contributed by atoms with Crippen LogP contribution in [0.25, 0.3) is 11.0 Å². The zero-order valence-electron chi connectivity index (χ0n) is 15.3. The van der Waals surface area contributed by atoms with Gasteiger partial charge in [0.25, 0.3) is 0 Å². The van der Waals surface area contributed by atoms with Crippen LogP contribution in [-0.2, 0) is 4.74 Å². The number of hydrogen-bond acceptors (Lipinski definition) is 5. The Morgan fingerprint density at radius 3 is 2.56 bits per heavy atom. The Bertz CT molecular complexity index is 989. The number of carbonyl (C=O) groups excluding carboxylic acids is 2. The maximum absolute atomic E-state index is 12.7. The van der Waals surface area contributed by atoms with Crippen LogP contribution in [0.5, 0.6) is 0 Å². The summed E-state index contributed by atoms with van der Waals surface area (Å²) in [6, 6.07) is 4.83. The molecule has 0 radical (unpaired) electrons. The molecule has 1 aromatic heterocycles. The molecule has 142 valence electrons. The molecule has 8 heteroatoms. The van der Waals surface area contributed by atoms with Crippen LogP contribution < -0.4 is 16.3 Å². The lowest BCUT2D eigenvalue weighted by atomic mass is 9.92. The predicted molar refractivity (Wildman–Crippen MR) is 99.0 cm³/mol. The summed E-state index contributed by atoms with van der Waals surface area (Å²) in [5.74, 6) is 0. The van der Waals surface area contributed by atoms with Crippen molar-refractivity contribution in [3.05, 3.63) is 39.7 Å². The Morgan fingerprint density at radius 1 is 1.15 bits per heavy atom. The molecule has 0 bridgehead atoms. The topological polar surface area (TPSA) is 101 Å². The second kappa shape index (κ2) is 6.29. The van der Waals surface area contributed by atoms with Gasteiger partial charge in [-0.3, -0.25) is 0 Å². The zero-order valence-corrected chi connectivity index (χ0v) is 15.3. The van der Waals surface area contributed by atoms with Gasteiger partial charge in [0.2, 0.25) is 0 Å². The van der Waals surface area contributed by atoms with Crippen LogP contribution in [0.3, 0.4) is 0 Å². The standard InChI is InChI=1S/C19H21N3O5/c1-11-8-16(23)26-15-7-12(2)14(9-13(11)15)21-17(24)22-5-3-19(4-6-22)10-20-18(25)27-19/h7-9H,3-6,10H2,1-2H3,(H,20,25)(H,21,24). The number of likely N-dealkylation sites (tertiary alicyclic amines) is 1. The summed E-state index contributed by atoms with van der Waals surface area (Å²) in [5, 5.41) is 6.42. The molecule has 1 aromatic carbocycles. The Kier molecular flexibility index (Phi) is 4.05. The lowest BCUT2D eigenvalue weighted by molar-refractivity contribution is 0.0110. The van der Waals surface area contributed by atoms with Crippen molar-refractivity contribution < 1.29 is 18.7 Å². The van der Waals surface area contributed by atoms with E-state index in [4.69, 9.17) is 9.15 Å². The molecule has 8 nitrogen and oxygen atoms in total. The van der Waals surface area contributed by atoms with Gasteiger partial charge in [0.1, 0.15) is 11.2 Å². The van der Waals surface area contributed by atoms with Gasteiger partial charge in [-0.2, -0.15) is 0 Å². The molecule has 2 fully saturated rings. The molecule has 3 heterocycles. The summed E-state index contributed by atoms with van der Waals surface area (Å²) in [4.78, 5) is 37.2. The summed E-state index contributed by atoms with van der Waals surface area (Å²) in [6.45, 7) is 5.21. The average molecular weight is 371 g/mol. The number of urea groups is 1. The highest BCUT2D eigenvalue weighted by Crippen LogP contribution is 2.30. The van der Waals surface area contributed by atoms with Crippen LogP contribution in [0.2, 0.25) is 0 Å². The number of hydrogen-bond donors (Lipinski definition) is 2. The lowest BCUT2D eigenvalue weighted by Gasteiger charge is -2.37. The third-order valence-electron chi connectivity index (χ3n) is 5.36. The van der Waals surface area contributed by atoms with E-state index in [9.17, 15) is 14.4 Å². The molecule has 2 saturated heterocycles. The number of benzene rings is 1. The highest BCUT2D eigenvalue weighted by Gasteiger charge is 2.43. The van der Waals surface area contributed by atoms with Crippen molar-refractivity contribution >= 4 is 28.8 Å². The van der Waals surface area contributed by atoms with Gasteiger partial charge in [-0.05, 0) is 37.1 Å². The van der Waals surface area contributed by atoms with E-state index < -0.39 is 5.60 Å². The average Bonchev–Trinajstić information content (AvgIpc) is 2.97. The van der Waals surface area contributed by atoms with Crippen molar-refractivity contribution in [3.63, 3.8) is 0 Å². The van der Waals surface area contributed by atoms with Crippen LogP contribution in [0.15, 0.2) is 27.4 Å². The molecule has 2 aliphatic heterocycles. The Morgan fingerprint density at radius 2 is 1.89 bits per heavy atom. The van der Waals surface area contributed by atoms with Crippen molar-refractivity contribution in [1.29, 1.82) is 0 Å². The molecule has 4 rings (SSSR count). The Labute approximate surface area is 155 Å². The van der Waals surface area contributed by atoms with Gasteiger partial charge in [-0.1, -0.05) is 0 Å². The number of piperidine rings is 1. The number of rotatable bonds is 1. The minimum atomic E-state index is -0.485. The summed E-state index contributed by atoms with van der Waals surface area (Å²) in [7, 11) is 0. The number of fused-ring (bicyclic) bond motifs is 1. The van der Waals surface area contributed by atoms with E-state index in [1.807, 2.05) is 19.9 Å². The molecule has 0 saturated carbocycles. The molecule has 2 aromatic rings. The second-order valence-corrected chi connectivity index (χ2v) is 7.26. The SMILES string of the molecule is Cc1cc2oc(=O)cc(C)c2cc1NC(=O)N1CCC2(CC1)CNC(=O)O2. The van der Waals surface area contributed by atoms with Gasteiger partial charge in [-0.25, -0.2) is 14.4 Å². The fourth-order valence-corrected chi connectivity index (χ4v) is 3.69. The number of carbonyl (C=O) groups is 2. The zero-order chi connectivity index (χ0) is 19.2. The van der Waals surface area contributed by atoms with Crippen molar-refractivity contribution in [1.82, 2.24) is 10.2 Å². The van der Waals surface area contributed by atoms with Crippen LogP contribution in [0.4, 0.5) is 15.3 Å². The van der Waals surface area contributed by atoms with E-state index in [-0.39, 0.29) is 17.7 Å². The van der Waals surface area contributed by atoms with Crippen LogP contribution in [0.1, 0.15) is 24.0 Å². The summed E-state index contributed by atoms with van der Waals surface area (Å²) in [6.07, 6.45) is 0.835. The van der Waals surface area contributed by atoms with Gasteiger partial charge < -0.3 is 24.7 Å². The highest BCUT2D eigenvalue weighted by atomic mass is 16.6. The molecule has 3 amide bonds. The summed E-state index contributed by atoms with van der Waals surface area (Å²) < 4.78 is 10.6. The maximum atomic E-state index is 12.7. The maximum Gasteiger partial charge on any atom is 0.407 e. The van der Waals surface area contributed by atoms with E-state index in [2.05, 4.69) is 10.6 Å². The van der Waals surface area contributed by atoms with E-state index in [1.165, 1.54) is 6.07 Å². The first kappa shape index (κ1) is 17.4. The fraction of sp³-hybridized carbons (Fsp3) is 0.421. The number of alkyl carbamates (subject to hydrolysis) is 1. The first-order valence-corrected chi connectivity index (χ1v) is 8.93. The summed E-state index contributed by atoms with van der Waals surface area (Å²) >= 11 is 0. The molecule has 1 spiro atoms. The Balaban J connectivity index is 1.49. The number of nitrogens with zero attached hydrogens (tertiary/aromatic N) is 1. The number of nitrogens with one attached hydrogen (secondary N) is 2. The molecular weight excluding hydrogens is 350 g/mol. The van der Waals surface area contributed by atoms with Gasteiger partial charge in [0.05, 0.1) is 6.54 Å². The highest BCUT2D eigenvalue weighted by molar-refractivity contribution is 5.94. The van der Waals surface area contributed by atoms with Gasteiger partial charge in [-0.15, -0.1) is 0 Å². The third kappa shape index (κ3) is 3.22. The minimum absolute atomic E-state index is 0.195. The minimum Gasteiger partial charge on any atom is -0.441 e. The predicted octanol–water partition coefficient (Wildman–Crippen LogP) is 2.52. The second-order valence-electron chi connectivity index (χ2n) is 7.26. The van der Waals surface area contributed by atoms with Gasteiger partial charge >= 0.3 is 17.7 Å². The molecule has 2 N–H and O–H groups in total. The van der Waals surface area contributed by atoms with Crippen molar-refractivity contribution in [3.8, 4) is 0 Å². The van der Waals surface area contributed by atoms with Crippen molar-refractivity contribution in [2.24, 2.45) is 0 Å². The third-order valence-corrected chi connectivity index (χ3v) is 5.36. The van der Waals surface area contributed by atoms with E-state index in [0.29, 0.717) is 43.7 Å². The largest absolute Gasteiger partial charge is 0.441 e. The van der Waals surface area contributed by atoms with Crippen LogP contribution >= 0.6 is 0 Å². The van der Waals surface area contributed by atoms with Gasteiger partial charge in [0.15, 0.2) is 0 Å². The van der Waals surface area contributed by atoms with Crippen molar-refractivity contribution in [2.45, 2.75) is 32.3 Å². The number of aryl methyl sites for hydroxylation is 2.